The van der Waals surface area contributed by atoms with E-state index in [1.807, 2.05) is 36.4 Å². The Balaban J connectivity index is 1.49. The molecule has 0 aliphatic carbocycles. The normalized spacial score (nSPS) is 29.7. The number of carbonyl (C=O) groups is 1. The lowest BCUT2D eigenvalue weighted by atomic mass is 9.93. The number of ether oxygens (including phenoxy) is 1. The van der Waals surface area contributed by atoms with Gasteiger partial charge in [0, 0.05) is 12.2 Å². The summed E-state index contributed by atoms with van der Waals surface area (Å²) in [6.45, 7) is 1.69. The summed E-state index contributed by atoms with van der Waals surface area (Å²) >= 11 is 1.54. The van der Waals surface area contributed by atoms with Gasteiger partial charge in [-0.05, 0) is 18.1 Å². The Hall–Kier alpha value is -2.31. The molecule has 0 aromatic heterocycles. The zero-order chi connectivity index (χ0) is 19.6. The summed E-state index contributed by atoms with van der Waals surface area (Å²) in [4.78, 5) is 16.6. The van der Waals surface area contributed by atoms with Gasteiger partial charge in [-0.25, -0.2) is 0 Å². The molecule has 28 heavy (non-hydrogen) atoms. The number of cyclic esters (lactones) is 1. The summed E-state index contributed by atoms with van der Waals surface area (Å²) in [5.41, 5.74) is 1.35. The first-order valence-electron chi connectivity index (χ1n) is 9.49. The molecule has 1 fully saturated rings. The third-order valence-corrected chi connectivity index (χ3v) is 6.08. The quantitative estimate of drug-likeness (QED) is 0.773. The number of aliphatic hydroxyl groups is 1. The van der Waals surface area contributed by atoms with E-state index >= 15 is 0 Å². The first kappa shape index (κ1) is 19.0. The third-order valence-electron chi connectivity index (χ3n) is 5.05. The predicted molar refractivity (Wildman–Crippen MR) is 111 cm³/mol. The van der Waals surface area contributed by atoms with Gasteiger partial charge in [0.15, 0.2) is 5.17 Å². The maximum absolute atomic E-state index is 11.7. The molecule has 4 rings (SSSR count). The molecule has 0 amide bonds. The largest absolute Gasteiger partial charge is 0.461 e. The first-order valence-corrected chi connectivity index (χ1v) is 10.5. The summed E-state index contributed by atoms with van der Waals surface area (Å²) < 4.78 is 5.40. The minimum Gasteiger partial charge on any atom is -0.461 e. The summed E-state index contributed by atoms with van der Waals surface area (Å²) in [5, 5.41) is 14.6. The summed E-state index contributed by atoms with van der Waals surface area (Å²) in [7, 11) is 0. The fourth-order valence-electron chi connectivity index (χ4n) is 3.78. The topological polar surface area (TPSA) is 70.9 Å². The van der Waals surface area contributed by atoms with Gasteiger partial charge in [0.2, 0.25) is 0 Å². The van der Waals surface area contributed by atoms with Gasteiger partial charge in [-0.3, -0.25) is 9.79 Å². The number of benzene rings is 2. The average Bonchev–Trinajstić information content (AvgIpc) is 3.11. The van der Waals surface area contributed by atoms with E-state index < -0.39 is 5.60 Å². The average molecular weight is 397 g/mol. The first-order chi connectivity index (χ1) is 13.5. The molecule has 2 heterocycles. The van der Waals surface area contributed by atoms with E-state index in [-0.39, 0.29) is 30.6 Å². The van der Waals surface area contributed by atoms with E-state index in [1.165, 1.54) is 5.56 Å². The molecule has 1 saturated heterocycles. The molecule has 6 heteroatoms. The van der Waals surface area contributed by atoms with Crippen molar-refractivity contribution in [2.24, 2.45) is 4.99 Å². The number of thioether (sulfide) groups is 1. The lowest BCUT2D eigenvalue weighted by Gasteiger charge is -2.32. The predicted octanol–water partition coefficient (Wildman–Crippen LogP) is 3.62. The molecule has 4 atom stereocenters. The molecule has 0 bridgehead atoms. The van der Waals surface area contributed by atoms with Crippen LogP contribution in [0.1, 0.15) is 43.0 Å². The van der Waals surface area contributed by atoms with Gasteiger partial charge in [-0.15, -0.1) is 0 Å². The van der Waals surface area contributed by atoms with Crippen molar-refractivity contribution in [3.05, 3.63) is 71.8 Å². The maximum Gasteiger partial charge on any atom is 0.309 e. The molecule has 2 aliphatic rings. The molecule has 4 unspecified atom stereocenters. The Bertz CT molecular complexity index is 855. The van der Waals surface area contributed by atoms with Gasteiger partial charge < -0.3 is 15.2 Å². The van der Waals surface area contributed by atoms with Crippen molar-refractivity contribution >= 4 is 22.9 Å². The number of rotatable bonds is 4. The van der Waals surface area contributed by atoms with Gasteiger partial charge in [0.1, 0.15) is 12.1 Å². The van der Waals surface area contributed by atoms with Crippen LogP contribution in [0.3, 0.4) is 0 Å². The van der Waals surface area contributed by atoms with Crippen LogP contribution in [0, 0.1) is 0 Å². The highest BCUT2D eigenvalue weighted by atomic mass is 32.2. The van der Waals surface area contributed by atoms with Crippen LogP contribution in [0.25, 0.3) is 0 Å². The number of hydrogen-bond donors (Lipinski definition) is 2. The smallest absolute Gasteiger partial charge is 0.309 e. The van der Waals surface area contributed by atoms with Crippen molar-refractivity contribution in [2.45, 2.75) is 43.6 Å². The standard InChI is InChI=1S/C22H24N2O3S/c1-22(26)12-17(27-18(25)13-22)14-28-21-23-19(15-8-4-2-5-9-15)20(24-21)16-10-6-3-7-11-16/h2-11,17,19-20,26H,12-14H2,1H3,(H,23,24). The van der Waals surface area contributed by atoms with Gasteiger partial charge in [-0.1, -0.05) is 72.4 Å². The number of hydrogen-bond acceptors (Lipinski definition) is 6. The van der Waals surface area contributed by atoms with Crippen LogP contribution in [0.5, 0.6) is 0 Å². The van der Waals surface area contributed by atoms with Gasteiger partial charge in [0.25, 0.3) is 0 Å². The number of amidine groups is 1. The van der Waals surface area contributed by atoms with Crippen molar-refractivity contribution in [3.8, 4) is 0 Å². The van der Waals surface area contributed by atoms with Gasteiger partial charge in [0.05, 0.1) is 18.1 Å². The molecule has 2 N–H and O–H groups in total. The molecule has 5 nitrogen and oxygen atoms in total. The van der Waals surface area contributed by atoms with Crippen molar-refractivity contribution in [2.75, 3.05) is 5.75 Å². The maximum atomic E-state index is 11.7. The highest BCUT2D eigenvalue weighted by Gasteiger charge is 2.37. The van der Waals surface area contributed by atoms with Crippen molar-refractivity contribution in [3.63, 3.8) is 0 Å². The monoisotopic (exact) mass is 396 g/mol. The SMILES string of the molecule is CC1(O)CC(=O)OC(CSC2=NC(c3ccccc3)C(c3ccccc3)N2)C1. The van der Waals surface area contributed by atoms with Crippen molar-refractivity contribution in [1.29, 1.82) is 0 Å². The number of esters is 1. The Labute approximate surface area is 169 Å². The Morgan fingerprint density at radius 3 is 2.43 bits per heavy atom. The summed E-state index contributed by atoms with van der Waals surface area (Å²) in [5.74, 6) is 0.226. The lowest BCUT2D eigenvalue weighted by Crippen LogP contribution is -2.42. The van der Waals surface area contributed by atoms with Crippen LogP contribution in [0.2, 0.25) is 0 Å². The molecule has 2 aliphatic heterocycles. The molecule has 0 radical (unpaired) electrons. The van der Waals surface area contributed by atoms with Crippen molar-refractivity contribution < 1.29 is 14.6 Å². The number of aliphatic imine (C=N–C) groups is 1. The van der Waals surface area contributed by atoms with E-state index in [2.05, 4.69) is 29.6 Å². The van der Waals surface area contributed by atoms with Crippen LogP contribution in [-0.4, -0.2) is 33.7 Å². The minimum absolute atomic E-state index is 0.0110. The van der Waals surface area contributed by atoms with E-state index in [9.17, 15) is 9.90 Å². The van der Waals surface area contributed by atoms with E-state index in [0.29, 0.717) is 12.2 Å². The zero-order valence-electron chi connectivity index (χ0n) is 15.7. The molecular formula is C22H24N2O3S. The van der Waals surface area contributed by atoms with Gasteiger partial charge >= 0.3 is 5.97 Å². The Morgan fingerprint density at radius 2 is 1.79 bits per heavy atom. The Morgan fingerprint density at radius 1 is 1.14 bits per heavy atom. The van der Waals surface area contributed by atoms with E-state index in [4.69, 9.17) is 9.73 Å². The second kappa shape index (κ2) is 7.97. The molecule has 0 saturated carbocycles. The fraction of sp³-hybridized carbons (Fsp3) is 0.364. The van der Waals surface area contributed by atoms with Crippen LogP contribution in [0.15, 0.2) is 65.7 Å². The molecular weight excluding hydrogens is 372 g/mol. The molecule has 146 valence electrons. The zero-order valence-corrected chi connectivity index (χ0v) is 16.6. The molecule has 0 spiro atoms. The minimum atomic E-state index is -0.995. The molecule has 2 aromatic carbocycles. The summed E-state index contributed by atoms with van der Waals surface area (Å²) in [6.07, 6.45) is 0.194. The second-order valence-corrected chi connectivity index (χ2v) is 8.63. The highest BCUT2D eigenvalue weighted by Crippen LogP contribution is 2.38. The van der Waals surface area contributed by atoms with E-state index in [1.54, 1.807) is 18.7 Å². The van der Waals surface area contributed by atoms with Crippen LogP contribution in [-0.2, 0) is 9.53 Å². The number of carbonyl (C=O) groups excluding carboxylic acids is 1. The van der Waals surface area contributed by atoms with Crippen molar-refractivity contribution in [1.82, 2.24) is 5.32 Å². The van der Waals surface area contributed by atoms with Gasteiger partial charge in [-0.2, -0.15) is 0 Å². The third kappa shape index (κ3) is 4.39. The van der Waals surface area contributed by atoms with Crippen LogP contribution in [0.4, 0.5) is 0 Å². The lowest BCUT2D eigenvalue weighted by molar-refractivity contribution is -0.165. The Kier molecular flexibility index (Phi) is 5.42. The second-order valence-electron chi connectivity index (χ2n) is 7.62. The molecule has 2 aromatic rings. The number of nitrogens with one attached hydrogen (secondary N) is 1. The fourth-order valence-corrected chi connectivity index (χ4v) is 4.71. The van der Waals surface area contributed by atoms with Crippen LogP contribution >= 0.6 is 11.8 Å². The van der Waals surface area contributed by atoms with E-state index in [0.717, 1.165) is 10.7 Å². The highest BCUT2D eigenvalue weighted by molar-refractivity contribution is 8.13. The van der Waals surface area contributed by atoms with Crippen LogP contribution < -0.4 is 5.32 Å². The summed E-state index contributed by atoms with van der Waals surface area (Å²) in [6, 6.07) is 20.6. The number of nitrogens with zero attached hydrogens (tertiary/aromatic N) is 1.